The van der Waals surface area contributed by atoms with E-state index < -0.39 is 6.09 Å². The van der Waals surface area contributed by atoms with Crippen LogP contribution in [0.5, 0.6) is 0 Å². The number of aromatic nitrogens is 2. The Hall–Kier alpha value is -2.08. The van der Waals surface area contributed by atoms with E-state index in [0.717, 1.165) is 11.0 Å². The van der Waals surface area contributed by atoms with E-state index in [4.69, 9.17) is 9.84 Å². The SMILES string of the molecule is COCn1c(CN(C)C(=O)O)nc2cc(C3CC3)ccc21. The van der Waals surface area contributed by atoms with Crippen molar-refractivity contribution in [2.24, 2.45) is 0 Å². The summed E-state index contributed by atoms with van der Waals surface area (Å²) >= 11 is 0. The zero-order valence-electron chi connectivity index (χ0n) is 12.2. The lowest BCUT2D eigenvalue weighted by Crippen LogP contribution is -2.26. The maximum Gasteiger partial charge on any atom is 0.407 e. The van der Waals surface area contributed by atoms with Crippen LogP contribution in [0, 0.1) is 0 Å². The number of rotatable bonds is 5. The number of hydrogen-bond donors (Lipinski definition) is 1. The number of amides is 1. The molecule has 0 atom stereocenters. The van der Waals surface area contributed by atoms with Crippen LogP contribution in [0.2, 0.25) is 0 Å². The molecule has 1 aliphatic carbocycles. The van der Waals surface area contributed by atoms with Crippen molar-refractivity contribution >= 4 is 17.1 Å². The molecular formula is C15H19N3O3. The quantitative estimate of drug-likeness (QED) is 0.918. The Balaban J connectivity index is 2.00. The largest absolute Gasteiger partial charge is 0.465 e. The van der Waals surface area contributed by atoms with E-state index in [9.17, 15) is 4.79 Å². The van der Waals surface area contributed by atoms with Crippen molar-refractivity contribution in [2.75, 3.05) is 14.2 Å². The lowest BCUT2D eigenvalue weighted by atomic mass is 10.1. The monoisotopic (exact) mass is 289 g/mol. The molecule has 6 heteroatoms. The number of benzene rings is 1. The molecule has 0 aliphatic heterocycles. The fourth-order valence-corrected chi connectivity index (χ4v) is 2.54. The molecule has 0 bridgehead atoms. The summed E-state index contributed by atoms with van der Waals surface area (Å²) < 4.78 is 7.15. The zero-order chi connectivity index (χ0) is 15.0. The summed E-state index contributed by atoms with van der Waals surface area (Å²) in [6.07, 6.45) is 1.53. The van der Waals surface area contributed by atoms with Gasteiger partial charge in [-0.3, -0.25) is 0 Å². The smallest absolute Gasteiger partial charge is 0.407 e. The van der Waals surface area contributed by atoms with Crippen molar-refractivity contribution in [3.63, 3.8) is 0 Å². The van der Waals surface area contributed by atoms with Crippen LogP contribution in [0.25, 0.3) is 11.0 Å². The van der Waals surface area contributed by atoms with Crippen LogP contribution in [0.3, 0.4) is 0 Å². The van der Waals surface area contributed by atoms with Crippen molar-refractivity contribution in [1.29, 1.82) is 0 Å². The average molecular weight is 289 g/mol. The third-order valence-electron chi connectivity index (χ3n) is 3.86. The van der Waals surface area contributed by atoms with E-state index in [1.165, 1.54) is 30.4 Å². The summed E-state index contributed by atoms with van der Waals surface area (Å²) in [5, 5.41) is 9.02. The molecule has 3 rings (SSSR count). The van der Waals surface area contributed by atoms with Crippen LogP contribution in [0.15, 0.2) is 18.2 Å². The Morgan fingerprint density at radius 3 is 2.90 bits per heavy atom. The number of imidazole rings is 1. The van der Waals surface area contributed by atoms with Crippen molar-refractivity contribution in [2.45, 2.75) is 32.0 Å². The first kappa shape index (κ1) is 13.9. The highest BCUT2D eigenvalue weighted by Crippen LogP contribution is 2.40. The molecule has 21 heavy (non-hydrogen) atoms. The van der Waals surface area contributed by atoms with Crippen LogP contribution >= 0.6 is 0 Å². The first-order chi connectivity index (χ1) is 10.1. The Morgan fingerprint density at radius 2 is 2.29 bits per heavy atom. The summed E-state index contributed by atoms with van der Waals surface area (Å²) in [7, 11) is 3.16. The zero-order valence-corrected chi connectivity index (χ0v) is 12.2. The van der Waals surface area contributed by atoms with Crippen LogP contribution in [-0.4, -0.2) is 39.8 Å². The molecule has 1 heterocycles. The molecule has 1 aliphatic rings. The number of hydrogen-bond acceptors (Lipinski definition) is 3. The summed E-state index contributed by atoms with van der Waals surface area (Å²) in [5.74, 6) is 1.37. The van der Waals surface area contributed by atoms with Gasteiger partial charge in [0.2, 0.25) is 0 Å². The second kappa shape index (κ2) is 5.37. The minimum atomic E-state index is -0.968. The summed E-state index contributed by atoms with van der Waals surface area (Å²) in [4.78, 5) is 16.8. The van der Waals surface area contributed by atoms with Crippen molar-refractivity contribution in [1.82, 2.24) is 14.5 Å². The molecule has 6 nitrogen and oxygen atoms in total. The Bertz CT molecular complexity index is 676. The summed E-state index contributed by atoms with van der Waals surface area (Å²) in [5.41, 5.74) is 3.21. The standard InChI is InChI=1S/C15H19N3O3/c1-17(15(19)20)8-14-16-12-7-11(10-3-4-10)5-6-13(12)18(14)9-21-2/h5-7,10H,3-4,8-9H2,1-2H3,(H,19,20). The molecule has 1 fully saturated rings. The van der Waals surface area contributed by atoms with E-state index in [0.29, 0.717) is 18.5 Å². The van der Waals surface area contributed by atoms with E-state index in [1.54, 1.807) is 7.11 Å². The summed E-state index contributed by atoms with van der Waals surface area (Å²) in [6, 6.07) is 6.31. The number of carboxylic acid groups (broad SMARTS) is 1. The molecule has 1 saturated carbocycles. The Morgan fingerprint density at radius 1 is 1.52 bits per heavy atom. The molecule has 0 radical (unpaired) electrons. The van der Waals surface area contributed by atoms with Gasteiger partial charge in [0, 0.05) is 14.2 Å². The first-order valence-electron chi connectivity index (χ1n) is 7.02. The normalized spacial score (nSPS) is 14.6. The van der Waals surface area contributed by atoms with Crippen LogP contribution in [0.1, 0.15) is 30.1 Å². The van der Waals surface area contributed by atoms with Gasteiger partial charge in [0.25, 0.3) is 0 Å². The van der Waals surface area contributed by atoms with E-state index in [2.05, 4.69) is 23.2 Å². The lowest BCUT2D eigenvalue weighted by molar-refractivity contribution is 0.126. The Kier molecular flexibility index (Phi) is 3.55. The van der Waals surface area contributed by atoms with Crippen LogP contribution in [-0.2, 0) is 18.0 Å². The molecule has 0 unspecified atom stereocenters. The average Bonchev–Trinajstić information content (AvgIpc) is 3.24. The summed E-state index contributed by atoms with van der Waals surface area (Å²) in [6.45, 7) is 0.605. The van der Waals surface area contributed by atoms with E-state index in [-0.39, 0.29) is 6.54 Å². The minimum absolute atomic E-state index is 0.242. The van der Waals surface area contributed by atoms with Crippen LogP contribution < -0.4 is 0 Å². The highest BCUT2D eigenvalue weighted by Gasteiger charge is 2.24. The van der Waals surface area contributed by atoms with Gasteiger partial charge in [0.05, 0.1) is 17.6 Å². The molecule has 0 saturated heterocycles. The first-order valence-corrected chi connectivity index (χ1v) is 7.02. The van der Waals surface area contributed by atoms with Gasteiger partial charge < -0.3 is 19.3 Å². The van der Waals surface area contributed by atoms with E-state index >= 15 is 0 Å². The van der Waals surface area contributed by atoms with Crippen LogP contribution in [0.4, 0.5) is 4.79 Å². The maximum atomic E-state index is 11.0. The maximum absolute atomic E-state index is 11.0. The van der Waals surface area contributed by atoms with Gasteiger partial charge in [0.1, 0.15) is 12.6 Å². The van der Waals surface area contributed by atoms with Gasteiger partial charge in [-0.05, 0) is 36.5 Å². The predicted octanol–water partition coefficient (Wildman–Crippen LogP) is 2.63. The third-order valence-corrected chi connectivity index (χ3v) is 3.86. The van der Waals surface area contributed by atoms with Crippen molar-refractivity contribution < 1.29 is 14.6 Å². The lowest BCUT2D eigenvalue weighted by Gasteiger charge is -2.14. The van der Waals surface area contributed by atoms with Gasteiger partial charge in [-0.15, -0.1) is 0 Å². The number of fused-ring (bicyclic) bond motifs is 1. The molecule has 1 amide bonds. The topological polar surface area (TPSA) is 67.6 Å². The molecular weight excluding hydrogens is 270 g/mol. The number of nitrogens with zero attached hydrogens (tertiary/aromatic N) is 3. The Labute approximate surface area is 122 Å². The van der Waals surface area contributed by atoms with Gasteiger partial charge >= 0.3 is 6.09 Å². The molecule has 112 valence electrons. The molecule has 1 aromatic heterocycles. The van der Waals surface area contributed by atoms with Crippen molar-refractivity contribution in [3.05, 3.63) is 29.6 Å². The van der Waals surface area contributed by atoms with Gasteiger partial charge in [-0.1, -0.05) is 6.07 Å². The molecule has 1 aromatic carbocycles. The van der Waals surface area contributed by atoms with E-state index in [1.807, 2.05) is 4.57 Å². The number of carbonyl (C=O) groups is 1. The van der Waals surface area contributed by atoms with Crippen molar-refractivity contribution in [3.8, 4) is 0 Å². The fraction of sp³-hybridized carbons (Fsp3) is 0.467. The fourth-order valence-electron chi connectivity index (χ4n) is 2.54. The second-order valence-corrected chi connectivity index (χ2v) is 5.53. The highest BCUT2D eigenvalue weighted by molar-refractivity contribution is 5.77. The van der Waals surface area contributed by atoms with Gasteiger partial charge in [0.15, 0.2) is 0 Å². The predicted molar refractivity (Wildman–Crippen MR) is 78.2 cm³/mol. The molecule has 0 spiro atoms. The number of ether oxygens (including phenoxy) is 1. The minimum Gasteiger partial charge on any atom is -0.465 e. The molecule has 1 N–H and O–H groups in total. The van der Waals surface area contributed by atoms with Gasteiger partial charge in [-0.2, -0.15) is 0 Å². The third kappa shape index (κ3) is 2.71. The number of methoxy groups -OCH3 is 1. The second-order valence-electron chi connectivity index (χ2n) is 5.53. The highest BCUT2D eigenvalue weighted by atomic mass is 16.5. The molecule has 2 aromatic rings. The van der Waals surface area contributed by atoms with Gasteiger partial charge in [-0.25, -0.2) is 9.78 Å².